The molecular weight excluding hydrogens is 384 g/mol. The van der Waals surface area contributed by atoms with Gasteiger partial charge < -0.3 is 9.88 Å². The normalized spacial score (nSPS) is 11.1. The highest BCUT2D eigenvalue weighted by atomic mass is 32.1. The molecule has 0 fully saturated rings. The number of imidazole rings is 1. The van der Waals surface area contributed by atoms with Crippen LogP contribution in [-0.4, -0.2) is 37.0 Å². The van der Waals surface area contributed by atoms with E-state index in [1.165, 1.54) is 11.3 Å². The van der Waals surface area contributed by atoms with Gasteiger partial charge in [0.2, 0.25) is 0 Å². The molecule has 3 heterocycles. The minimum absolute atomic E-state index is 0.0912. The fourth-order valence-electron chi connectivity index (χ4n) is 3.22. The Balaban J connectivity index is 1.38. The number of fused-ring (bicyclic) bond motifs is 1. The summed E-state index contributed by atoms with van der Waals surface area (Å²) in [7, 11) is 2.03. The van der Waals surface area contributed by atoms with Gasteiger partial charge >= 0.3 is 0 Å². The van der Waals surface area contributed by atoms with Crippen molar-refractivity contribution in [1.29, 1.82) is 0 Å². The van der Waals surface area contributed by atoms with E-state index in [-0.39, 0.29) is 5.91 Å². The number of aromatic nitrogens is 5. The van der Waals surface area contributed by atoms with Crippen LogP contribution in [0.15, 0.2) is 42.7 Å². The van der Waals surface area contributed by atoms with Gasteiger partial charge in [-0.15, -0.1) is 11.3 Å². The molecule has 0 atom stereocenters. The molecule has 0 aliphatic carbocycles. The molecule has 0 aliphatic heterocycles. The van der Waals surface area contributed by atoms with Gasteiger partial charge in [0.25, 0.3) is 5.91 Å². The zero-order chi connectivity index (χ0) is 20.2. The number of amides is 1. The lowest BCUT2D eigenvalue weighted by molar-refractivity contribution is 0.0956. The molecule has 4 rings (SSSR count). The largest absolute Gasteiger partial charge is 0.351 e. The second-order valence-electron chi connectivity index (χ2n) is 6.66. The first-order chi connectivity index (χ1) is 14.2. The Hall–Kier alpha value is -3.13. The number of thiazole rings is 1. The van der Waals surface area contributed by atoms with Crippen molar-refractivity contribution in [2.75, 3.05) is 6.54 Å². The standard InChI is InChI=1S/C21H22N6OS/c1-3-14-18(29-21(26-14)19-22-12-7-13-23-19)20(28)24-11-6-10-17-25-15-8-4-5-9-16(15)27(17)2/h4-5,7-9,12-13H,3,6,10-11H2,1-2H3,(H,24,28). The highest BCUT2D eigenvalue weighted by molar-refractivity contribution is 7.17. The number of nitrogens with zero attached hydrogens (tertiary/aromatic N) is 5. The van der Waals surface area contributed by atoms with Gasteiger partial charge in [-0.05, 0) is 31.0 Å². The summed E-state index contributed by atoms with van der Waals surface area (Å²) >= 11 is 1.34. The fourth-order valence-corrected chi connectivity index (χ4v) is 4.24. The summed E-state index contributed by atoms with van der Waals surface area (Å²) in [6.07, 6.45) is 5.66. The summed E-state index contributed by atoms with van der Waals surface area (Å²) in [5.41, 5.74) is 2.91. The van der Waals surface area contributed by atoms with Crippen LogP contribution in [0.3, 0.4) is 0 Å². The molecular formula is C21H22N6OS. The maximum atomic E-state index is 12.7. The smallest absolute Gasteiger partial charge is 0.263 e. The van der Waals surface area contributed by atoms with Crippen LogP contribution in [0.25, 0.3) is 21.9 Å². The molecule has 0 spiro atoms. The lowest BCUT2D eigenvalue weighted by atomic mass is 10.2. The molecule has 148 valence electrons. The predicted octanol–water partition coefficient (Wildman–Crippen LogP) is 3.41. The molecule has 29 heavy (non-hydrogen) atoms. The molecule has 8 heteroatoms. The molecule has 0 saturated heterocycles. The molecule has 0 unspecified atom stereocenters. The van der Waals surface area contributed by atoms with Crippen LogP contribution in [-0.2, 0) is 19.9 Å². The van der Waals surface area contributed by atoms with E-state index >= 15 is 0 Å². The molecule has 0 aliphatic rings. The summed E-state index contributed by atoms with van der Waals surface area (Å²) in [4.78, 5) is 31.0. The quantitative estimate of drug-likeness (QED) is 0.475. The van der Waals surface area contributed by atoms with Crippen molar-refractivity contribution in [3.63, 3.8) is 0 Å². The van der Waals surface area contributed by atoms with E-state index in [4.69, 9.17) is 0 Å². The van der Waals surface area contributed by atoms with Gasteiger partial charge in [-0.1, -0.05) is 19.1 Å². The minimum atomic E-state index is -0.0912. The summed E-state index contributed by atoms with van der Waals surface area (Å²) < 4.78 is 2.11. The van der Waals surface area contributed by atoms with Gasteiger partial charge in [0, 0.05) is 32.4 Å². The molecule has 7 nitrogen and oxygen atoms in total. The number of aryl methyl sites for hydroxylation is 3. The van der Waals surface area contributed by atoms with Crippen molar-refractivity contribution in [2.24, 2.45) is 7.05 Å². The topological polar surface area (TPSA) is 85.6 Å². The second-order valence-corrected chi connectivity index (χ2v) is 7.66. The third kappa shape index (κ3) is 4.02. The van der Waals surface area contributed by atoms with Crippen molar-refractivity contribution in [3.8, 4) is 10.8 Å². The first kappa shape index (κ1) is 19.2. The number of nitrogens with one attached hydrogen (secondary N) is 1. The Morgan fingerprint density at radius 3 is 2.69 bits per heavy atom. The summed E-state index contributed by atoms with van der Waals surface area (Å²) in [6, 6.07) is 9.86. The van der Waals surface area contributed by atoms with Gasteiger partial charge in [0.1, 0.15) is 10.7 Å². The number of hydrogen-bond acceptors (Lipinski definition) is 6. The fraction of sp³-hybridized carbons (Fsp3) is 0.286. The molecule has 4 aromatic rings. The first-order valence-corrected chi connectivity index (χ1v) is 10.4. The van der Waals surface area contributed by atoms with Gasteiger partial charge in [-0.25, -0.2) is 19.9 Å². The number of hydrogen-bond donors (Lipinski definition) is 1. The first-order valence-electron chi connectivity index (χ1n) is 9.63. The van der Waals surface area contributed by atoms with Crippen molar-refractivity contribution in [2.45, 2.75) is 26.2 Å². The SMILES string of the molecule is CCc1nc(-c2ncccn2)sc1C(=O)NCCCc1nc2ccccc2n1C. The Labute approximate surface area is 172 Å². The van der Waals surface area contributed by atoms with E-state index in [0.29, 0.717) is 28.7 Å². The summed E-state index contributed by atoms with van der Waals surface area (Å²) in [6.45, 7) is 2.58. The van der Waals surface area contributed by atoms with Crippen LogP contribution in [0.2, 0.25) is 0 Å². The lowest BCUT2D eigenvalue weighted by Gasteiger charge is -2.05. The Bertz CT molecular complexity index is 1130. The van der Waals surface area contributed by atoms with Crippen LogP contribution >= 0.6 is 11.3 Å². The third-order valence-corrected chi connectivity index (χ3v) is 5.83. The average molecular weight is 407 g/mol. The monoisotopic (exact) mass is 406 g/mol. The number of para-hydroxylation sites is 2. The van der Waals surface area contributed by atoms with E-state index in [1.807, 2.05) is 32.2 Å². The molecule has 1 amide bonds. The van der Waals surface area contributed by atoms with Crippen LogP contribution in [0.1, 0.15) is 34.5 Å². The van der Waals surface area contributed by atoms with Gasteiger partial charge in [-0.3, -0.25) is 4.79 Å². The van der Waals surface area contributed by atoms with Crippen LogP contribution in [0, 0.1) is 0 Å². The van der Waals surface area contributed by atoms with Crippen molar-refractivity contribution in [3.05, 3.63) is 59.1 Å². The number of carbonyl (C=O) groups is 1. The van der Waals surface area contributed by atoms with Gasteiger partial charge in [-0.2, -0.15) is 0 Å². The zero-order valence-electron chi connectivity index (χ0n) is 16.4. The number of benzene rings is 1. The van der Waals surface area contributed by atoms with E-state index in [9.17, 15) is 4.79 Å². The Kier molecular flexibility index (Phi) is 5.62. The molecule has 1 N–H and O–H groups in total. The highest BCUT2D eigenvalue weighted by Crippen LogP contribution is 2.26. The molecule has 0 radical (unpaired) electrons. The Morgan fingerprint density at radius 2 is 1.93 bits per heavy atom. The minimum Gasteiger partial charge on any atom is -0.351 e. The van der Waals surface area contributed by atoms with E-state index in [1.54, 1.807) is 18.5 Å². The van der Waals surface area contributed by atoms with E-state index in [2.05, 4.69) is 35.9 Å². The third-order valence-electron chi connectivity index (χ3n) is 4.74. The second kappa shape index (κ2) is 8.48. The molecule has 1 aromatic carbocycles. The van der Waals surface area contributed by atoms with Crippen LogP contribution < -0.4 is 5.32 Å². The van der Waals surface area contributed by atoms with Crippen molar-refractivity contribution >= 4 is 28.3 Å². The summed E-state index contributed by atoms with van der Waals surface area (Å²) in [5, 5.41) is 3.69. The van der Waals surface area contributed by atoms with Gasteiger partial charge in [0.15, 0.2) is 10.8 Å². The van der Waals surface area contributed by atoms with E-state index in [0.717, 1.165) is 35.4 Å². The van der Waals surface area contributed by atoms with E-state index < -0.39 is 0 Å². The maximum absolute atomic E-state index is 12.7. The molecule has 0 saturated carbocycles. The van der Waals surface area contributed by atoms with Crippen LogP contribution in [0.5, 0.6) is 0 Å². The molecule has 3 aromatic heterocycles. The predicted molar refractivity (Wildman–Crippen MR) is 114 cm³/mol. The van der Waals surface area contributed by atoms with Crippen molar-refractivity contribution in [1.82, 2.24) is 29.8 Å². The van der Waals surface area contributed by atoms with Crippen molar-refractivity contribution < 1.29 is 4.79 Å². The van der Waals surface area contributed by atoms with Gasteiger partial charge in [0.05, 0.1) is 16.7 Å². The average Bonchev–Trinajstić information content (AvgIpc) is 3.33. The number of rotatable bonds is 7. The number of carbonyl (C=O) groups excluding carboxylic acids is 1. The lowest BCUT2D eigenvalue weighted by Crippen LogP contribution is -2.25. The summed E-state index contributed by atoms with van der Waals surface area (Å²) in [5.74, 6) is 1.48. The Morgan fingerprint density at radius 1 is 1.14 bits per heavy atom. The molecule has 0 bridgehead atoms. The highest BCUT2D eigenvalue weighted by Gasteiger charge is 2.18. The van der Waals surface area contributed by atoms with Crippen LogP contribution in [0.4, 0.5) is 0 Å². The maximum Gasteiger partial charge on any atom is 0.263 e. The zero-order valence-corrected chi connectivity index (χ0v) is 17.2.